The minimum absolute atomic E-state index is 0.117. The van der Waals surface area contributed by atoms with E-state index in [-0.39, 0.29) is 5.56 Å². The van der Waals surface area contributed by atoms with E-state index < -0.39 is 5.97 Å². The molecule has 0 atom stereocenters. The lowest BCUT2D eigenvalue weighted by Crippen LogP contribution is -2.37. The molecular formula is C23H20ClN5O3. The summed E-state index contributed by atoms with van der Waals surface area (Å²) in [5.41, 5.74) is 2.35. The van der Waals surface area contributed by atoms with Crippen molar-refractivity contribution in [3.05, 3.63) is 71.5 Å². The maximum Gasteiger partial charge on any atom is 0.337 e. The number of carboxylic acids is 1. The molecule has 32 heavy (non-hydrogen) atoms. The van der Waals surface area contributed by atoms with Crippen LogP contribution in [0.15, 0.2) is 60.9 Å². The molecule has 0 saturated carbocycles. The molecule has 3 heterocycles. The summed E-state index contributed by atoms with van der Waals surface area (Å²) in [5, 5.41) is 14.0. The van der Waals surface area contributed by atoms with Gasteiger partial charge in [0.15, 0.2) is 0 Å². The second-order valence-corrected chi connectivity index (χ2v) is 7.83. The number of ether oxygens (including phenoxy) is 1. The Labute approximate surface area is 189 Å². The molecule has 4 aromatic rings. The van der Waals surface area contributed by atoms with E-state index in [1.165, 1.54) is 6.07 Å². The molecule has 8 nitrogen and oxygen atoms in total. The number of benzene rings is 2. The van der Waals surface area contributed by atoms with Crippen LogP contribution in [0.3, 0.4) is 0 Å². The lowest BCUT2D eigenvalue weighted by atomic mass is 10.1. The van der Waals surface area contributed by atoms with E-state index >= 15 is 0 Å². The smallest absolute Gasteiger partial charge is 0.337 e. The van der Waals surface area contributed by atoms with Crippen LogP contribution in [0.1, 0.15) is 10.4 Å². The summed E-state index contributed by atoms with van der Waals surface area (Å²) in [6.45, 7) is 2.89. The quantitative estimate of drug-likeness (QED) is 0.467. The summed E-state index contributed by atoms with van der Waals surface area (Å²) in [6.07, 6.45) is 3.73. The molecule has 0 aliphatic carbocycles. The maximum atomic E-state index is 11.6. The Hall–Kier alpha value is -3.62. The van der Waals surface area contributed by atoms with Gasteiger partial charge in [0.05, 0.1) is 30.0 Å². The number of halogens is 1. The van der Waals surface area contributed by atoms with Crippen LogP contribution in [-0.2, 0) is 4.74 Å². The second kappa shape index (κ2) is 8.49. The number of aromatic nitrogens is 3. The van der Waals surface area contributed by atoms with Crippen molar-refractivity contribution in [2.75, 3.05) is 36.5 Å². The molecule has 0 bridgehead atoms. The van der Waals surface area contributed by atoms with Crippen LogP contribution in [0.4, 0.5) is 17.3 Å². The zero-order chi connectivity index (χ0) is 22.1. The predicted molar refractivity (Wildman–Crippen MR) is 124 cm³/mol. The van der Waals surface area contributed by atoms with Crippen molar-refractivity contribution < 1.29 is 14.6 Å². The van der Waals surface area contributed by atoms with Crippen molar-refractivity contribution in [2.24, 2.45) is 0 Å². The minimum Gasteiger partial charge on any atom is -0.478 e. The van der Waals surface area contributed by atoms with Gasteiger partial charge in [-0.2, -0.15) is 4.98 Å². The van der Waals surface area contributed by atoms with Crippen LogP contribution in [0.25, 0.3) is 16.7 Å². The van der Waals surface area contributed by atoms with Gasteiger partial charge in [-0.15, -0.1) is 0 Å². The molecule has 1 aliphatic heterocycles. The molecule has 9 heteroatoms. The molecule has 5 rings (SSSR count). The first-order valence-corrected chi connectivity index (χ1v) is 10.5. The van der Waals surface area contributed by atoms with Crippen LogP contribution < -0.4 is 10.2 Å². The Kier molecular flexibility index (Phi) is 5.38. The van der Waals surface area contributed by atoms with Gasteiger partial charge in [0.25, 0.3) is 0 Å². The maximum absolute atomic E-state index is 11.6. The van der Waals surface area contributed by atoms with Crippen LogP contribution in [0.2, 0.25) is 5.02 Å². The molecule has 0 radical (unpaired) electrons. The number of nitrogens with one attached hydrogen (secondary N) is 1. The van der Waals surface area contributed by atoms with Crippen molar-refractivity contribution >= 4 is 45.8 Å². The lowest BCUT2D eigenvalue weighted by Gasteiger charge is -2.26. The number of aromatic carboxylic acids is 1. The predicted octanol–water partition coefficient (Wildman–Crippen LogP) is 4.35. The van der Waals surface area contributed by atoms with Gasteiger partial charge in [-0.1, -0.05) is 11.6 Å². The van der Waals surface area contributed by atoms with Crippen molar-refractivity contribution in [1.82, 2.24) is 14.5 Å². The van der Waals surface area contributed by atoms with Crippen LogP contribution in [-0.4, -0.2) is 51.9 Å². The number of anilines is 3. The van der Waals surface area contributed by atoms with Crippen LogP contribution >= 0.6 is 11.6 Å². The van der Waals surface area contributed by atoms with Crippen molar-refractivity contribution in [3.8, 4) is 5.82 Å². The van der Waals surface area contributed by atoms with Gasteiger partial charge in [0.1, 0.15) is 5.82 Å². The Morgan fingerprint density at radius 3 is 2.75 bits per heavy atom. The van der Waals surface area contributed by atoms with E-state index in [2.05, 4.69) is 15.2 Å². The summed E-state index contributed by atoms with van der Waals surface area (Å²) in [4.78, 5) is 22.8. The van der Waals surface area contributed by atoms with Gasteiger partial charge in [-0.05, 0) is 48.5 Å². The van der Waals surface area contributed by atoms with Crippen molar-refractivity contribution in [3.63, 3.8) is 0 Å². The van der Waals surface area contributed by atoms with E-state index in [9.17, 15) is 9.90 Å². The molecule has 162 valence electrons. The van der Waals surface area contributed by atoms with Gasteiger partial charge in [0, 0.05) is 41.6 Å². The Balaban J connectivity index is 1.45. The Morgan fingerprint density at radius 1 is 1.09 bits per heavy atom. The number of carboxylic acid groups (broad SMARTS) is 1. The van der Waals surface area contributed by atoms with E-state index in [1.54, 1.807) is 18.3 Å². The molecule has 0 spiro atoms. The molecule has 2 aromatic carbocycles. The monoisotopic (exact) mass is 449 g/mol. The van der Waals surface area contributed by atoms with Crippen LogP contribution in [0, 0.1) is 0 Å². The van der Waals surface area contributed by atoms with E-state index in [4.69, 9.17) is 21.3 Å². The number of rotatable bonds is 5. The topological polar surface area (TPSA) is 92.5 Å². The van der Waals surface area contributed by atoms with Gasteiger partial charge < -0.3 is 24.6 Å². The highest BCUT2D eigenvalue weighted by Gasteiger charge is 2.15. The second-order valence-electron chi connectivity index (χ2n) is 7.39. The van der Waals surface area contributed by atoms with E-state index in [0.29, 0.717) is 29.9 Å². The number of fused-ring (bicyclic) bond motifs is 1. The first-order chi connectivity index (χ1) is 15.6. The molecule has 2 N–H and O–H groups in total. The number of hydrogen-bond acceptors (Lipinski definition) is 6. The molecule has 2 aromatic heterocycles. The average molecular weight is 450 g/mol. The molecular weight excluding hydrogens is 430 g/mol. The standard InChI is InChI=1S/C23H20ClN5O3/c24-16-1-3-19(18(14-16)22(30)31)26-17-2-4-20-15(13-17)6-8-29(20)21-5-7-25-23(27-21)28-9-11-32-12-10-28/h1-8,13-14,26H,9-12H2,(H,30,31). The molecule has 1 fully saturated rings. The average Bonchev–Trinajstić information content (AvgIpc) is 3.24. The fraction of sp³-hybridized carbons (Fsp3) is 0.174. The van der Waals surface area contributed by atoms with E-state index in [1.807, 2.05) is 41.1 Å². The van der Waals surface area contributed by atoms with E-state index in [0.717, 1.165) is 35.5 Å². The highest BCUT2D eigenvalue weighted by atomic mass is 35.5. The Morgan fingerprint density at radius 2 is 1.94 bits per heavy atom. The van der Waals surface area contributed by atoms with Crippen LogP contribution in [0.5, 0.6) is 0 Å². The molecule has 0 unspecified atom stereocenters. The fourth-order valence-electron chi connectivity index (χ4n) is 3.77. The summed E-state index contributed by atoms with van der Waals surface area (Å²) < 4.78 is 7.42. The number of nitrogens with zero attached hydrogens (tertiary/aromatic N) is 4. The van der Waals surface area contributed by atoms with Gasteiger partial charge in [-0.3, -0.25) is 0 Å². The Bertz CT molecular complexity index is 1300. The first kappa shape index (κ1) is 20.3. The minimum atomic E-state index is -1.04. The third-order valence-corrected chi connectivity index (χ3v) is 5.59. The lowest BCUT2D eigenvalue weighted by molar-refractivity contribution is 0.0698. The summed E-state index contributed by atoms with van der Waals surface area (Å²) in [5.74, 6) is 0.431. The van der Waals surface area contributed by atoms with Gasteiger partial charge in [-0.25, -0.2) is 9.78 Å². The summed E-state index contributed by atoms with van der Waals surface area (Å²) in [7, 11) is 0. The molecule has 1 aliphatic rings. The zero-order valence-electron chi connectivity index (χ0n) is 17.0. The number of carbonyl (C=O) groups is 1. The highest BCUT2D eigenvalue weighted by Crippen LogP contribution is 2.28. The van der Waals surface area contributed by atoms with Crippen molar-refractivity contribution in [2.45, 2.75) is 0 Å². The summed E-state index contributed by atoms with van der Waals surface area (Å²) >= 11 is 5.95. The van der Waals surface area contributed by atoms with Crippen molar-refractivity contribution in [1.29, 1.82) is 0 Å². The highest BCUT2D eigenvalue weighted by molar-refractivity contribution is 6.31. The zero-order valence-corrected chi connectivity index (χ0v) is 17.8. The number of morpholine rings is 1. The largest absolute Gasteiger partial charge is 0.478 e. The molecule has 0 amide bonds. The SMILES string of the molecule is O=C(O)c1cc(Cl)ccc1Nc1ccc2c(ccn2-c2ccnc(N3CCOCC3)n2)c1. The third-order valence-electron chi connectivity index (χ3n) is 5.35. The third kappa shape index (κ3) is 3.98. The van der Waals surface area contributed by atoms with Gasteiger partial charge in [0.2, 0.25) is 5.95 Å². The number of hydrogen-bond donors (Lipinski definition) is 2. The first-order valence-electron chi connectivity index (χ1n) is 10.2. The fourth-order valence-corrected chi connectivity index (χ4v) is 3.94. The molecule has 1 saturated heterocycles. The van der Waals surface area contributed by atoms with Gasteiger partial charge >= 0.3 is 5.97 Å². The summed E-state index contributed by atoms with van der Waals surface area (Å²) in [6, 6.07) is 14.5. The normalized spacial score (nSPS) is 14.0.